The highest BCUT2D eigenvalue weighted by atomic mass is 32.2. The second kappa shape index (κ2) is 7.20. The van der Waals surface area contributed by atoms with Crippen molar-refractivity contribution in [1.29, 1.82) is 0 Å². The molecular weight excluding hydrogens is 274 g/mol. The lowest BCUT2D eigenvalue weighted by Gasteiger charge is -2.43. The van der Waals surface area contributed by atoms with Crippen molar-refractivity contribution in [3.63, 3.8) is 0 Å². The molecule has 1 saturated heterocycles. The first kappa shape index (κ1) is 17.9. The summed E-state index contributed by atoms with van der Waals surface area (Å²) < 4.78 is 25.0. The molecule has 20 heavy (non-hydrogen) atoms. The van der Waals surface area contributed by atoms with Crippen LogP contribution in [0, 0.1) is 5.92 Å². The van der Waals surface area contributed by atoms with Gasteiger partial charge in [0.25, 0.3) is 0 Å². The Kier molecular flexibility index (Phi) is 6.44. The minimum Gasteiger partial charge on any atom is -0.329 e. The highest BCUT2D eigenvalue weighted by Crippen LogP contribution is 2.24. The van der Waals surface area contributed by atoms with Gasteiger partial charge in [-0.2, -0.15) is 0 Å². The average Bonchev–Trinajstić information content (AvgIpc) is 2.43. The summed E-state index contributed by atoms with van der Waals surface area (Å²) in [6.07, 6.45) is 4.39. The van der Waals surface area contributed by atoms with E-state index in [-0.39, 0.29) is 5.54 Å². The minimum absolute atomic E-state index is 0.0160. The number of hydrogen-bond donors (Lipinski definition) is 1. The van der Waals surface area contributed by atoms with Crippen LogP contribution in [0.5, 0.6) is 0 Å². The second-order valence-corrected chi connectivity index (χ2v) is 8.20. The SMILES string of the molecule is CCN(CC1CCCN(S(C)(=O)=O)C1)C(C)(CC)CN. The van der Waals surface area contributed by atoms with Gasteiger partial charge in [0.05, 0.1) is 6.26 Å². The first-order valence-electron chi connectivity index (χ1n) is 7.67. The number of nitrogens with two attached hydrogens (primary N) is 1. The molecule has 0 amide bonds. The van der Waals surface area contributed by atoms with E-state index in [0.29, 0.717) is 25.6 Å². The summed E-state index contributed by atoms with van der Waals surface area (Å²) in [4.78, 5) is 2.42. The van der Waals surface area contributed by atoms with Crippen LogP contribution in [0.3, 0.4) is 0 Å². The van der Waals surface area contributed by atoms with Crippen LogP contribution in [0.2, 0.25) is 0 Å². The van der Waals surface area contributed by atoms with Crippen molar-refractivity contribution in [2.45, 2.75) is 45.6 Å². The van der Waals surface area contributed by atoms with Crippen molar-refractivity contribution in [3.05, 3.63) is 0 Å². The largest absolute Gasteiger partial charge is 0.329 e. The number of hydrogen-bond acceptors (Lipinski definition) is 4. The quantitative estimate of drug-likeness (QED) is 0.765. The highest BCUT2D eigenvalue weighted by Gasteiger charge is 2.32. The molecule has 1 aliphatic heterocycles. The molecule has 1 heterocycles. The fourth-order valence-corrected chi connectivity index (χ4v) is 3.96. The van der Waals surface area contributed by atoms with Gasteiger partial charge in [0.1, 0.15) is 0 Å². The van der Waals surface area contributed by atoms with E-state index in [2.05, 4.69) is 25.7 Å². The molecule has 5 nitrogen and oxygen atoms in total. The number of nitrogens with zero attached hydrogens (tertiary/aromatic N) is 2. The van der Waals surface area contributed by atoms with Crippen LogP contribution in [0.4, 0.5) is 0 Å². The predicted molar refractivity (Wildman–Crippen MR) is 84.1 cm³/mol. The molecule has 0 bridgehead atoms. The molecule has 1 rings (SSSR count). The van der Waals surface area contributed by atoms with Crippen LogP contribution < -0.4 is 5.73 Å². The zero-order valence-electron chi connectivity index (χ0n) is 13.4. The smallest absolute Gasteiger partial charge is 0.211 e. The number of piperidine rings is 1. The topological polar surface area (TPSA) is 66.6 Å². The monoisotopic (exact) mass is 305 g/mol. The fraction of sp³-hybridized carbons (Fsp3) is 1.00. The second-order valence-electron chi connectivity index (χ2n) is 6.22. The van der Waals surface area contributed by atoms with E-state index in [0.717, 1.165) is 32.4 Å². The zero-order valence-corrected chi connectivity index (χ0v) is 14.2. The Balaban J connectivity index is 2.71. The van der Waals surface area contributed by atoms with Crippen LogP contribution >= 0.6 is 0 Å². The molecule has 0 aromatic carbocycles. The molecule has 0 aromatic heterocycles. The van der Waals surface area contributed by atoms with Crippen molar-refractivity contribution < 1.29 is 8.42 Å². The summed E-state index contributed by atoms with van der Waals surface area (Å²) in [7, 11) is -3.06. The third-order valence-electron chi connectivity index (χ3n) is 4.78. The third-order valence-corrected chi connectivity index (χ3v) is 6.05. The normalized spacial score (nSPS) is 24.8. The summed E-state index contributed by atoms with van der Waals surface area (Å²) in [5.74, 6) is 0.413. The van der Waals surface area contributed by atoms with Crippen LogP contribution in [-0.2, 0) is 10.0 Å². The molecule has 0 radical (unpaired) electrons. The van der Waals surface area contributed by atoms with Gasteiger partial charge < -0.3 is 5.73 Å². The first-order valence-corrected chi connectivity index (χ1v) is 9.52. The average molecular weight is 305 g/mol. The molecule has 2 N–H and O–H groups in total. The minimum atomic E-state index is -3.06. The van der Waals surface area contributed by atoms with E-state index in [1.807, 2.05) is 0 Å². The standard InChI is InChI=1S/C14H31N3O2S/c1-5-14(3,12-15)16(6-2)10-13-8-7-9-17(11-13)20(4,18)19/h13H,5-12,15H2,1-4H3. The van der Waals surface area contributed by atoms with Crippen molar-refractivity contribution in [2.75, 3.05) is 39.0 Å². The zero-order chi connectivity index (χ0) is 15.4. The van der Waals surface area contributed by atoms with Gasteiger partial charge in [0.15, 0.2) is 0 Å². The van der Waals surface area contributed by atoms with Gasteiger partial charge in [0, 0.05) is 31.7 Å². The van der Waals surface area contributed by atoms with E-state index < -0.39 is 10.0 Å². The van der Waals surface area contributed by atoms with E-state index in [9.17, 15) is 8.42 Å². The molecule has 0 spiro atoms. The van der Waals surface area contributed by atoms with Crippen molar-refractivity contribution in [1.82, 2.24) is 9.21 Å². The first-order chi connectivity index (χ1) is 9.26. The van der Waals surface area contributed by atoms with E-state index >= 15 is 0 Å². The Bertz CT molecular complexity index is 393. The maximum absolute atomic E-state index is 11.7. The molecular formula is C14H31N3O2S. The van der Waals surface area contributed by atoms with Crippen LogP contribution in [-0.4, -0.2) is 62.1 Å². The van der Waals surface area contributed by atoms with E-state index in [1.54, 1.807) is 4.31 Å². The number of sulfonamides is 1. The van der Waals surface area contributed by atoms with Gasteiger partial charge in [-0.05, 0) is 38.6 Å². The van der Waals surface area contributed by atoms with Gasteiger partial charge in [-0.1, -0.05) is 13.8 Å². The van der Waals surface area contributed by atoms with E-state index in [1.165, 1.54) is 6.26 Å². The van der Waals surface area contributed by atoms with Gasteiger partial charge in [-0.25, -0.2) is 12.7 Å². The van der Waals surface area contributed by atoms with Crippen molar-refractivity contribution in [3.8, 4) is 0 Å². The summed E-state index contributed by atoms with van der Waals surface area (Å²) in [6, 6.07) is 0. The molecule has 0 saturated carbocycles. The van der Waals surface area contributed by atoms with Crippen LogP contribution in [0.15, 0.2) is 0 Å². The molecule has 120 valence electrons. The third kappa shape index (κ3) is 4.41. The maximum atomic E-state index is 11.7. The van der Waals surface area contributed by atoms with Gasteiger partial charge in [-0.15, -0.1) is 0 Å². The summed E-state index contributed by atoms with van der Waals surface area (Å²) in [5.41, 5.74) is 5.96. The number of likely N-dealkylation sites (N-methyl/N-ethyl adjacent to an activating group) is 1. The molecule has 2 unspecified atom stereocenters. The lowest BCUT2D eigenvalue weighted by molar-refractivity contribution is 0.0782. The predicted octanol–water partition coefficient (Wildman–Crippen LogP) is 1.11. The lowest BCUT2D eigenvalue weighted by Crippen LogP contribution is -2.54. The Labute approximate surface area is 124 Å². The highest BCUT2D eigenvalue weighted by molar-refractivity contribution is 7.88. The van der Waals surface area contributed by atoms with Crippen molar-refractivity contribution >= 4 is 10.0 Å². The molecule has 6 heteroatoms. The van der Waals surface area contributed by atoms with Crippen LogP contribution in [0.1, 0.15) is 40.0 Å². The Morgan fingerprint density at radius 3 is 2.50 bits per heavy atom. The molecule has 2 atom stereocenters. The molecule has 0 aromatic rings. The molecule has 0 aliphatic carbocycles. The van der Waals surface area contributed by atoms with Gasteiger partial charge >= 0.3 is 0 Å². The summed E-state index contributed by atoms with van der Waals surface area (Å²) in [5, 5.41) is 0. The molecule has 1 fully saturated rings. The van der Waals surface area contributed by atoms with Gasteiger partial charge in [0.2, 0.25) is 10.0 Å². The lowest BCUT2D eigenvalue weighted by atomic mass is 9.92. The van der Waals surface area contributed by atoms with Crippen LogP contribution in [0.25, 0.3) is 0 Å². The van der Waals surface area contributed by atoms with E-state index in [4.69, 9.17) is 5.73 Å². The van der Waals surface area contributed by atoms with Gasteiger partial charge in [-0.3, -0.25) is 4.90 Å². The fourth-order valence-electron chi connectivity index (χ4n) is 3.02. The Morgan fingerprint density at radius 1 is 1.40 bits per heavy atom. The molecule has 1 aliphatic rings. The number of rotatable bonds is 7. The maximum Gasteiger partial charge on any atom is 0.211 e. The summed E-state index contributed by atoms with van der Waals surface area (Å²) in [6.45, 7) is 10.4. The van der Waals surface area contributed by atoms with Crippen molar-refractivity contribution in [2.24, 2.45) is 11.7 Å². The Hall–Kier alpha value is -0.170. The summed E-state index contributed by atoms with van der Waals surface area (Å²) >= 11 is 0. The Morgan fingerprint density at radius 2 is 2.05 bits per heavy atom.